The lowest BCUT2D eigenvalue weighted by Gasteiger charge is -2.08. The molecule has 0 aliphatic rings. The highest BCUT2D eigenvalue weighted by molar-refractivity contribution is 6.35. The highest BCUT2D eigenvalue weighted by atomic mass is 35.5. The molecule has 1 N–H and O–H groups in total. The van der Waals surface area contributed by atoms with E-state index < -0.39 is 23.4 Å². The summed E-state index contributed by atoms with van der Waals surface area (Å²) in [5.41, 5.74) is -1.08. The molecular formula is C11H7ClF3NO. The molecule has 1 aromatic carbocycles. The number of aryl methyl sites for hydroxylation is 1. The average molecular weight is 262 g/mol. The largest absolute Gasteiger partial charge is 0.352 e. The third kappa shape index (κ3) is 1.91. The van der Waals surface area contributed by atoms with Crippen LogP contribution in [0.4, 0.5) is 13.2 Å². The maximum atomic E-state index is 13.4. The lowest BCUT2D eigenvalue weighted by atomic mass is 10.1. The molecule has 0 spiro atoms. The monoisotopic (exact) mass is 261 g/mol. The summed E-state index contributed by atoms with van der Waals surface area (Å²) in [6.07, 6.45) is -2.81. The van der Waals surface area contributed by atoms with Gasteiger partial charge in [0.25, 0.3) is 6.43 Å². The van der Waals surface area contributed by atoms with Gasteiger partial charge in [-0.3, -0.25) is 4.79 Å². The summed E-state index contributed by atoms with van der Waals surface area (Å²) in [4.78, 5) is 14.0. The third-order valence-corrected chi connectivity index (χ3v) is 2.81. The van der Waals surface area contributed by atoms with Crippen LogP contribution in [-0.2, 0) is 0 Å². The second kappa shape index (κ2) is 4.07. The van der Waals surface area contributed by atoms with Crippen molar-refractivity contribution in [2.75, 3.05) is 0 Å². The number of aromatic amines is 1. The zero-order chi connectivity index (χ0) is 12.7. The standard InChI is InChI=1S/C11H7ClF3NO/c1-4-6(13)2-5(12)10-9(4)8(17)3-7(16-10)11(14)15/h2-3,11H,1H3,(H,16,17). The molecule has 2 nitrogen and oxygen atoms in total. The number of benzene rings is 1. The van der Waals surface area contributed by atoms with Crippen molar-refractivity contribution in [3.8, 4) is 0 Å². The summed E-state index contributed by atoms with van der Waals surface area (Å²) < 4.78 is 38.4. The van der Waals surface area contributed by atoms with Crippen LogP contribution in [0.2, 0.25) is 5.02 Å². The molecule has 0 aliphatic heterocycles. The summed E-state index contributed by atoms with van der Waals surface area (Å²) in [5, 5.41) is -0.0953. The first-order chi connectivity index (χ1) is 7.91. The number of pyridine rings is 1. The van der Waals surface area contributed by atoms with Gasteiger partial charge in [0.1, 0.15) is 5.82 Å². The second-order valence-electron chi connectivity index (χ2n) is 3.60. The number of hydrogen-bond donors (Lipinski definition) is 1. The van der Waals surface area contributed by atoms with Gasteiger partial charge in [0.05, 0.1) is 21.6 Å². The van der Waals surface area contributed by atoms with E-state index >= 15 is 0 Å². The third-order valence-electron chi connectivity index (χ3n) is 2.51. The maximum Gasteiger partial charge on any atom is 0.278 e. The molecule has 6 heteroatoms. The van der Waals surface area contributed by atoms with Crippen LogP contribution in [-0.4, -0.2) is 4.98 Å². The summed E-state index contributed by atoms with van der Waals surface area (Å²) in [5.74, 6) is -0.641. The first-order valence-electron chi connectivity index (χ1n) is 4.71. The molecule has 0 saturated carbocycles. The van der Waals surface area contributed by atoms with Crippen LogP contribution in [0, 0.1) is 12.7 Å². The lowest BCUT2D eigenvalue weighted by molar-refractivity contribution is 0.146. The number of nitrogens with one attached hydrogen (secondary N) is 1. The predicted molar refractivity (Wildman–Crippen MR) is 59.2 cm³/mol. The molecule has 0 aliphatic carbocycles. The van der Waals surface area contributed by atoms with Crippen molar-refractivity contribution in [2.45, 2.75) is 13.3 Å². The van der Waals surface area contributed by atoms with Gasteiger partial charge < -0.3 is 4.98 Å². The van der Waals surface area contributed by atoms with Crippen LogP contribution in [0.5, 0.6) is 0 Å². The summed E-state index contributed by atoms with van der Waals surface area (Å²) in [6.45, 7) is 1.39. The van der Waals surface area contributed by atoms with Gasteiger partial charge in [-0.05, 0) is 18.6 Å². The fourth-order valence-corrected chi connectivity index (χ4v) is 1.90. The minimum Gasteiger partial charge on any atom is -0.352 e. The van der Waals surface area contributed by atoms with Crippen molar-refractivity contribution in [1.29, 1.82) is 0 Å². The van der Waals surface area contributed by atoms with Gasteiger partial charge in [-0.15, -0.1) is 0 Å². The van der Waals surface area contributed by atoms with Gasteiger partial charge >= 0.3 is 0 Å². The van der Waals surface area contributed by atoms with Gasteiger partial charge in [-0.1, -0.05) is 11.6 Å². The van der Waals surface area contributed by atoms with Gasteiger partial charge in [0.15, 0.2) is 5.43 Å². The number of H-pyrrole nitrogens is 1. The number of rotatable bonds is 1. The van der Waals surface area contributed by atoms with Gasteiger partial charge in [0, 0.05) is 6.07 Å². The molecule has 0 radical (unpaired) electrons. The van der Waals surface area contributed by atoms with E-state index in [1.165, 1.54) is 6.92 Å². The van der Waals surface area contributed by atoms with E-state index in [4.69, 9.17) is 11.6 Å². The fraction of sp³-hybridized carbons (Fsp3) is 0.182. The first kappa shape index (κ1) is 12.0. The number of aromatic nitrogens is 1. The van der Waals surface area contributed by atoms with Crippen molar-refractivity contribution < 1.29 is 13.2 Å². The van der Waals surface area contributed by atoms with Gasteiger partial charge in [0.2, 0.25) is 0 Å². The van der Waals surface area contributed by atoms with Crippen molar-refractivity contribution in [1.82, 2.24) is 4.98 Å². The minimum atomic E-state index is -2.81. The van der Waals surface area contributed by atoms with Crippen LogP contribution in [0.3, 0.4) is 0 Å². The Balaban J connectivity index is 2.96. The Morgan fingerprint density at radius 3 is 2.59 bits per heavy atom. The highest BCUT2D eigenvalue weighted by Crippen LogP contribution is 2.27. The number of fused-ring (bicyclic) bond motifs is 1. The number of alkyl halides is 2. The van der Waals surface area contributed by atoms with Crippen molar-refractivity contribution >= 4 is 22.5 Å². The second-order valence-corrected chi connectivity index (χ2v) is 4.01. The Kier molecular flexibility index (Phi) is 2.87. The van der Waals surface area contributed by atoms with Crippen molar-refractivity contribution in [3.05, 3.63) is 44.5 Å². The first-order valence-corrected chi connectivity index (χ1v) is 5.09. The molecule has 0 fully saturated rings. The Morgan fingerprint density at radius 2 is 2.00 bits per heavy atom. The van der Waals surface area contributed by atoms with E-state index in [-0.39, 0.29) is 21.5 Å². The normalized spacial score (nSPS) is 11.4. The Labute approximate surface area is 99.0 Å². The van der Waals surface area contributed by atoms with E-state index in [1.54, 1.807) is 0 Å². The molecule has 0 unspecified atom stereocenters. The maximum absolute atomic E-state index is 13.4. The van der Waals surface area contributed by atoms with Gasteiger partial charge in [-0.2, -0.15) is 0 Å². The smallest absolute Gasteiger partial charge is 0.278 e. The van der Waals surface area contributed by atoms with Crippen molar-refractivity contribution in [3.63, 3.8) is 0 Å². The van der Waals surface area contributed by atoms with E-state index in [9.17, 15) is 18.0 Å². The zero-order valence-electron chi connectivity index (χ0n) is 8.65. The quantitative estimate of drug-likeness (QED) is 0.836. The summed E-state index contributed by atoms with van der Waals surface area (Å²) in [6, 6.07) is 1.75. The Morgan fingerprint density at radius 1 is 1.35 bits per heavy atom. The molecule has 0 saturated heterocycles. The topological polar surface area (TPSA) is 32.9 Å². The van der Waals surface area contributed by atoms with Crippen LogP contribution in [0.1, 0.15) is 17.7 Å². The summed E-state index contributed by atoms with van der Waals surface area (Å²) in [7, 11) is 0. The number of hydrogen-bond acceptors (Lipinski definition) is 1. The molecule has 2 rings (SSSR count). The van der Waals surface area contributed by atoms with Crippen LogP contribution in [0.15, 0.2) is 16.9 Å². The van der Waals surface area contributed by atoms with Crippen molar-refractivity contribution in [2.24, 2.45) is 0 Å². The van der Waals surface area contributed by atoms with E-state index in [0.717, 1.165) is 12.1 Å². The number of halogens is 4. The summed E-state index contributed by atoms with van der Waals surface area (Å²) >= 11 is 5.73. The molecule has 17 heavy (non-hydrogen) atoms. The van der Waals surface area contributed by atoms with Crippen LogP contribution in [0.25, 0.3) is 10.9 Å². The molecular weight excluding hydrogens is 255 g/mol. The van der Waals surface area contributed by atoms with E-state index in [2.05, 4.69) is 4.98 Å². The Bertz CT molecular complexity index is 651. The molecule has 0 atom stereocenters. The molecule has 0 amide bonds. The zero-order valence-corrected chi connectivity index (χ0v) is 9.41. The van der Waals surface area contributed by atoms with Gasteiger partial charge in [-0.25, -0.2) is 13.2 Å². The Hall–Kier alpha value is -1.49. The average Bonchev–Trinajstić information content (AvgIpc) is 2.25. The van der Waals surface area contributed by atoms with E-state index in [0.29, 0.717) is 0 Å². The predicted octanol–water partition coefficient (Wildman–Crippen LogP) is 3.57. The molecule has 90 valence electrons. The lowest BCUT2D eigenvalue weighted by Crippen LogP contribution is -2.08. The molecule has 0 bridgehead atoms. The minimum absolute atomic E-state index is 0.000556. The molecule has 2 aromatic rings. The SMILES string of the molecule is Cc1c(F)cc(Cl)c2[nH]c(C(F)F)cc(=O)c12. The van der Waals surface area contributed by atoms with Crippen LogP contribution < -0.4 is 5.43 Å². The van der Waals surface area contributed by atoms with Crippen LogP contribution >= 0.6 is 11.6 Å². The molecule has 1 heterocycles. The fourth-order valence-electron chi connectivity index (χ4n) is 1.66. The highest BCUT2D eigenvalue weighted by Gasteiger charge is 2.15. The van der Waals surface area contributed by atoms with E-state index in [1.807, 2.05) is 0 Å². The molecule has 1 aromatic heterocycles.